The predicted molar refractivity (Wildman–Crippen MR) is 83.2 cm³/mol. The van der Waals surface area contributed by atoms with E-state index in [0.717, 1.165) is 16.5 Å². The van der Waals surface area contributed by atoms with E-state index in [1.54, 1.807) is 6.20 Å². The van der Waals surface area contributed by atoms with Crippen molar-refractivity contribution in [2.75, 3.05) is 0 Å². The molecule has 0 aliphatic rings. The number of hydrogen-bond donors (Lipinski definition) is 1. The summed E-state index contributed by atoms with van der Waals surface area (Å²) < 4.78 is 12.8. The van der Waals surface area contributed by atoms with Crippen LogP contribution in [0.4, 0.5) is 4.39 Å². The van der Waals surface area contributed by atoms with Crippen molar-refractivity contribution in [3.63, 3.8) is 0 Å². The van der Waals surface area contributed by atoms with Crippen molar-refractivity contribution in [3.05, 3.63) is 77.7 Å². The average Bonchev–Trinajstić information content (AvgIpc) is 2.55. The Labute approximate surface area is 126 Å². The Morgan fingerprint density at radius 3 is 2.77 bits per heavy atom. The molecule has 1 amide bonds. The van der Waals surface area contributed by atoms with Gasteiger partial charge in [-0.05, 0) is 42.0 Å². The van der Waals surface area contributed by atoms with Crippen LogP contribution in [0.25, 0.3) is 10.9 Å². The topological polar surface area (TPSA) is 54.4 Å². The third kappa shape index (κ3) is 3.15. The number of aromatic nitrogens is 1. The quantitative estimate of drug-likeness (QED) is 0.596. The number of carbonyl (C=O) groups is 1. The van der Waals surface area contributed by atoms with Crippen molar-refractivity contribution in [1.82, 2.24) is 10.4 Å². The molecule has 3 rings (SSSR count). The zero-order chi connectivity index (χ0) is 15.4. The molecule has 0 fully saturated rings. The minimum absolute atomic E-state index is 0.346. The van der Waals surface area contributed by atoms with Crippen molar-refractivity contribution in [3.8, 4) is 0 Å². The van der Waals surface area contributed by atoms with Crippen LogP contribution in [0.5, 0.6) is 0 Å². The van der Waals surface area contributed by atoms with Gasteiger partial charge in [-0.1, -0.05) is 18.2 Å². The van der Waals surface area contributed by atoms with E-state index in [4.69, 9.17) is 0 Å². The van der Waals surface area contributed by atoms with Crippen LogP contribution in [0.3, 0.4) is 0 Å². The summed E-state index contributed by atoms with van der Waals surface area (Å²) in [6.45, 7) is 0. The molecule has 1 heterocycles. The Hall–Kier alpha value is -3.08. The van der Waals surface area contributed by atoms with Gasteiger partial charge in [-0.3, -0.25) is 9.78 Å². The molecule has 0 aliphatic carbocycles. The molecule has 1 N–H and O–H groups in total. The van der Waals surface area contributed by atoms with E-state index in [9.17, 15) is 9.18 Å². The van der Waals surface area contributed by atoms with Crippen LogP contribution < -0.4 is 5.43 Å². The lowest BCUT2D eigenvalue weighted by atomic mass is 10.1. The van der Waals surface area contributed by atoms with Gasteiger partial charge in [-0.25, -0.2) is 9.82 Å². The van der Waals surface area contributed by atoms with E-state index in [-0.39, 0.29) is 5.82 Å². The molecule has 1 aromatic heterocycles. The first-order valence-electron chi connectivity index (χ1n) is 6.66. The summed E-state index contributed by atoms with van der Waals surface area (Å²) in [5.41, 5.74) is 4.43. The minimum Gasteiger partial charge on any atom is -0.267 e. The molecular weight excluding hydrogens is 281 g/mol. The van der Waals surface area contributed by atoms with Gasteiger partial charge in [0.25, 0.3) is 5.91 Å². The number of carbonyl (C=O) groups excluding carboxylic acids is 1. The van der Waals surface area contributed by atoms with Crippen molar-refractivity contribution in [2.45, 2.75) is 0 Å². The summed E-state index contributed by atoms with van der Waals surface area (Å²) in [5.74, 6) is -0.779. The van der Waals surface area contributed by atoms with Gasteiger partial charge in [0.05, 0.1) is 11.7 Å². The smallest absolute Gasteiger partial charge is 0.267 e. The SMILES string of the molecule is O=C(NN=Cc1ccc2cccnc2c1)c1ccc(F)cc1. The fourth-order valence-electron chi connectivity index (χ4n) is 2.00. The molecular formula is C17H12FN3O. The Kier molecular flexibility index (Phi) is 3.87. The maximum absolute atomic E-state index is 12.8. The van der Waals surface area contributed by atoms with Crippen LogP contribution in [-0.4, -0.2) is 17.1 Å². The lowest BCUT2D eigenvalue weighted by molar-refractivity contribution is 0.0955. The van der Waals surface area contributed by atoms with E-state index in [1.807, 2.05) is 30.3 Å². The zero-order valence-corrected chi connectivity index (χ0v) is 11.5. The fraction of sp³-hybridized carbons (Fsp3) is 0. The Bertz CT molecular complexity index is 844. The highest BCUT2D eigenvalue weighted by Crippen LogP contribution is 2.11. The molecule has 0 atom stereocenters. The molecule has 0 spiro atoms. The van der Waals surface area contributed by atoms with E-state index in [2.05, 4.69) is 15.5 Å². The number of hydrogen-bond acceptors (Lipinski definition) is 3. The van der Waals surface area contributed by atoms with Crippen LogP contribution in [0.1, 0.15) is 15.9 Å². The molecule has 0 saturated heterocycles. The highest BCUT2D eigenvalue weighted by molar-refractivity contribution is 5.95. The second kappa shape index (κ2) is 6.13. The second-order valence-electron chi connectivity index (χ2n) is 4.66. The highest BCUT2D eigenvalue weighted by atomic mass is 19.1. The molecule has 0 bridgehead atoms. The number of nitrogens with zero attached hydrogens (tertiary/aromatic N) is 2. The summed E-state index contributed by atoms with van der Waals surface area (Å²) in [6.07, 6.45) is 3.26. The molecule has 0 radical (unpaired) electrons. The largest absolute Gasteiger partial charge is 0.271 e. The maximum atomic E-state index is 12.8. The van der Waals surface area contributed by atoms with Gasteiger partial charge >= 0.3 is 0 Å². The number of amides is 1. The lowest BCUT2D eigenvalue weighted by Crippen LogP contribution is -2.17. The summed E-state index contributed by atoms with van der Waals surface area (Å²) >= 11 is 0. The van der Waals surface area contributed by atoms with Crippen molar-refractivity contribution in [1.29, 1.82) is 0 Å². The number of halogens is 1. The Balaban J connectivity index is 1.70. The predicted octanol–water partition coefficient (Wildman–Crippen LogP) is 3.14. The number of rotatable bonds is 3. The number of pyridine rings is 1. The molecule has 0 unspecified atom stereocenters. The standard InChI is InChI=1S/C17H12FN3O/c18-15-7-5-14(6-8-15)17(22)21-20-11-12-3-4-13-2-1-9-19-16(13)10-12/h1-11H,(H,21,22). The third-order valence-electron chi connectivity index (χ3n) is 3.12. The van der Waals surface area contributed by atoms with E-state index < -0.39 is 5.91 Å². The molecule has 3 aromatic rings. The normalized spacial score (nSPS) is 11.0. The van der Waals surface area contributed by atoms with Gasteiger partial charge in [0.15, 0.2) is 0 Å². The van der Waals surface area contributed by atoms with Gasteiger partial charge < -0.3 is 0 Å². The van der Waals surface area contributed by atoms with E-state index in [0.29, 0.717) is 5.56 Å². The third-order valence-corrected chi connectivity index (χ3v) is 3.12. The van der Waals surface area contributed by atoms with Crippen LogP contribution in [0.15, 0.2) is 65.9 Å². The fourth-order valence-corrected chi connectivity index (χ4v) is 2.00. The average molecular weight is 293 g/mol. The molecule has 0 aliphatic heterocycles. The highest BCUT2D eigenvalue weighted by Gasteiger charge is 2.03. The van der Waals surface area contributed by atoms with E-state index in [1.165, 1.54) is 30.5 Å². The number of fused-ring (bicyclic) bond motifs is 1. The van der Waals surface area contributed by atoms with Crippen LogP contribution in [0, 0.1) is 5.82 Å². The molecule has 4 nitrogen and oxygen atoms in total. The van der Waals surface area contributed by atoms with Crippen molar-refractivity contribution in [2.24, 2.45) is 5.10 Å². The van der Waals surface area contributed by atoms with E-state index >= 15 is 0 Å². The summed E-state index contributed by atoms with van der Waals surface area (Å²) in [4.78, 5) is 16.1. The minimum atomic E-state index is -0.393. The molecule has 0 saturated carbocycles. The Morgan fingerprint density at radius 1 is 1.14 bits per heavy atom. The monoisotopic (exact) mass is 293 g/mol. The molecule has 2 aromatic carbocycles. The summed E-state index contributed by atoms with van der Waals surface area (Å²) in [5, 5.41) is 4.94. The van der Waals surface area contributed by atoms with Crippen LogP contribution in [-0.2, 0) is 0 Å². The first-order chi connectivity index (χ1) is 10.7. The molecule has 108 valence electrons. The number of nitrogens with one attached hydrogen (secondary N) is 1. The lowest BCUT2D eigenvalue weighted by Gasteiger charge is -2.00. The zero-order valence-electron chi connectivity index (χ0n) is 11.5. The first-order valence-corrected chi connectivity index (χ1v) is 6.66. The second-order valence-corrected chi connectivity index (χ2v) is 4.66. The van der Waals surface area contributed by atoms with Gasteiger partial charge in [-0.2, -0.15) is 5.10 Å². The van der Waals surface area contributed by atoms with Crippen molar-refractivity contribution >= 4 is 23.0 Å². The van der Waals surface area contributed by atoms with Crippen LogP contribution >= 0.6 is 0 Å². The number of hydrazone groups is 1. The number of benzene rings is 2. The summed E-state index contributed by atoms with van der Waals surface area (Å²) in [7, 11) is 0. The first kappa shape index (κ1) is 13.9. The van der Waals surface area contributed by atoms with Gasteiger partial charge in [0, 0.05) is 17.1 Å². The summed E-state index contributed by atoms with van der Waals surface area (Å²) in [6, 6.07) is 14.8. The van der Waals surface area contributed by atoms with Crippen LogP contribution in [0.2, 0.25) is 0 Å². The Morgan fingerprint density at radius 2 is 1.95 bits per heavy atom. The van der Waals surface area contributed by atoms with Gasteiger partial charge in [-0.15, -0.1) is 0 Å². The molecule has 22 heavy (non-hydrogen) atoms. The molecule has 5 heteroatoms. The van der Waals surface area contributed by atoms with Gasteiger partial charge in [0.1, 0.15) is 5.82 Å². The van der Waals surface area contributed by atoms with Crippen molar-refractivity contribution < 1.29 is 9.18 Å². The maximum Gasteiger partial charge on any atom is 0.271 e. The van der Waals surface area contributed by atoms with Gasteiger partial charge in [0.2, 0.25) is 0 Å².